The number of thiocarbonyl (C=S) groups is 1. The van der Waals surface area contributed by atoms with Gasteiger partial charge in [0, 0.05) is 10.0 Å². The average molecular weight is 329 g/mol. The first-order valence-electron chi connectivity index (χ1n) is 5.81. The number of carbonyl (C=O) groups is 1. The Bertz CT molecular complexity index is 442. The second-order valence-corrected chi connectivity index (χ2v) is 5.62. The lowest BCUT2D eigenvalue weighted by molar-refractivity contribution is 0.0945. The van der Waals surface area contributed by atoms with Crippen molar-refractivity contribution in [1.82, 2.24) is 5.32 Å². The minimum absolute atomic E-state index is 0.148. The highest BCUT2D eigenvalue weighted by Crippen LogP contribution is 2.15. The van der Waals surface area contributed by atoms with E-state index in [1.54, 1.807) is 6.07 Å². The Morgan fingerprint density at radius 1 is 1.50 bits per heavy atom. The Morgan fingerprint density at radius 2 is 2.17 bits per heavy atom. The lowest BCUT2D eigenvalue weighted by atomic mass is 10.1. The highest BCUT2D eigenvalue weighted by Gasteiger charge is 2.15. The third kappa shape index (κ3) is 4.38. The van der Waals surface area contributed by atoms with Gasteiger partial charge in [0.1, 0.15) is 0 Å². The highest BCUT2D eigenvalue weighted by atomic mass is 79.9. The van der Waals surface area contributed by atoms with Crippen molar-refractivity contribution in [2.24, 2.45) is 5.73 Å². The predicted molar refractivity (Wildman–Crippen MR) is 81.8 cm³/mol. The molecule has 18 heavy (non-hydrogen) atoms. The summed E-state index contributed by atoms with van der Waals surface area (Å²) in [6.45, 7) is 3.97. The summed E-state index contributed by atoms with van der Waals surface area (Å²) in [7, 11) is 0. The number of benzene rings is 1. The van der Waals surface area contributed by atoms with Gasteiger partial charge >= 0.3 is 0 Å². The number of nitrogens with one attached hydrogen (secondary N) is 1. The molecule has 0 radical (unpaired) electrons. The lowest BCUT2D eigenvalue weighted by Crippen LogP contribution is -2.43. The van der Waals surface area contributed by atoms with Crippen molar-refractivity contribution < 1.29 is 4.79 Å². The number of hydrogen-bond donors (Lipinski definition) is 2. The van der Waals surface area contributed by atoms with Crippen LogP contribution in [0.25, 0.3) is 0 Å². The van der Waals surface area contributed by atoms with Gasteiger partial charge in [-0.3, -0.25) is 4.79 Å². The van der Waals surface area contributed by atoms with Crippen LogP contribution in [0.4, 0.5) is 0 Å². The van der Waals surface area contributed by atoms with Crippen molar-refractivity contribution in [3.63, 3.8) is 0 Å². The third-order valence-electron chi connectivity index (χ3n) is 2.53. The molecule has 0 saturated heterocycles. The molecule has 1 aromatic rings. The molecule has 0 fully saturated rings. The van der Waals surface area contributed by atoms with Crippen molar-refractivity contribution in [3.8, 4) is 0 Å². The van der Waals surface area contributed by atoms with Gasteiger partial charge in [0.25, 0.3) is 5.91 Å². The molecular formula is C13H17BrN2OS. The first-order chi connectivity index (χ1) is 8.43. The van der Waals surface area contributed by atoms with Crippen LogP contribution < -0.4 is 11.1 Å². The number of hydrogen-bond acceptors (Lipinski definition) is 2. The van der Waals surface area contributed by atoms with Crippen LogP contribution in [0.15, 0.2) is 22.7 Å². The molecule has 0 aromatic heterocycles. The molecule has 1 rings (SSSR count). The predicted octanol–water partition coefficient (Wildman–Crippen LogP) is 2.94. The molecule has 0 heterocycles. The van der Waals surface area contributed by atoms with Gasteiger partial charge < -0.3 is 11.1 Å². The molecule has 1 aromatic carbocycles. The Balaban J connectivity index is 2.83. The number of amides is 1. The summed E-state index contributed by atoms with van der Waals surface area (Å²) in [6.07, 6.45) is 1.67. The van der Waals surface area contributed by atoms with Gasteiger partial charge in [-0.15, -0.1) is 0 Å². The number of nitrogens with two attached hydrogens (primary N) is 1. The molecule has 0 bridgehead atoms. The quantitative estimate of drug-likeness (QED) is 0.817. The van der Waals surface area contributed by atoms with E-state index >= 15 is 0 Å². The van der Waals surface area contributed by atoms with Crippen LogP contribution in [0.5, 0.6) is 0 Å². The number of rotatable bonds is 5. The van der Waals surface area contributed by atoms with Crippen LogP contribution in [0.2, 0.25) is 0 Å². The Hall–Kier alpha value is -0.940. The molecule has 1 atom stereocenters. The largest absolute Gasteiger partial charge is 0.392 e. The van der Waals surface area contributed by atoms with E-state index in [4.69, 9.17) is 18.0 Å². The smallest absolute Gasteiger partial charge is 0.251 e. The van der Waals surface area contributed by atoms with Crippen molar-refractivity contribution >= 4 is 39.0 Å². The molecule has 3 nitrogen and oxygen atoms in total. The summed E-state index contributed by atoms with van der Waals surface area (Å²) in [4.78, 5) is 12.4. The first-order valence-corrected chi connectivity index (χ1v) is 7.01. The van der Waals surface area contributed by atoms with Crippen LogP contribution in [-0.2, 0) is 0 Å². The van der Waals surface area contributed by atoms with Crippen LogP contribution in [-0.4, -0.2) is 16.9 Å². The minimum Gasteiger partial charge on any atom is -0.392 e. The number of carbonyl (C=O) groups excluding carboxylic acids is 1. The molecular weight excluding hydrogens is 312 g/mol. The maximum Gasteiger partial charge on any atom is 0.251 e. The summed E-state index contributed by atoms with van der Waals surface area (Å²) in [6, 6.07) is 5.33. The summed E-state index contributed by atoms with van der Waals surface area (Å²) in [5.74, 6) is -0.148. The topological polar surface area (TPSA) is 55.1 Å². The fourth-order valence-corrected chi connectivity index (χ4v) is 2.47. The fourth-order valence-electron chi connectivity index (χ4n) is 1.68. The summed E-state index contributed by atoms with van der Waals surface area (Å²) < 4.78 is 0.884. The molecule has 0 spiro atoms. The van der Waals surface area contributed by atoms with E-state index in [-0.39, 0.29) is 11.9 Å². The Morgan fingerprint density at radius 3 is 2.67 bits per heavy atom. The monoisotopic (exact) mass is 328 g/mol. The minimum atomic E-state index is -0.239. The van der Waals surface area contributed by atoms with Crippen molar-refractivity contribution in [2.75, 3.05) is 0 Å². The van der Waals surface area contributed by atoms with E-state index in [0.717, 1.165) is 22.9 Å². The molecule has 1 unspecified atom stereocenters. The summed E-state index contributed by atoms with van der Waals surface area (Å²) in [5, 5.41) is 2.86. The third-order valence-corrected chi connectivity index (χ3v) is 3.27. The first kappa shape index (κ1) is 15.1. The maximum atomic E-state index is 12.1. The SMILES string of the molecule is CCCC(NC(=O)c1cc(C)cc(Br)c1)C(N)=S. The zero-order valence-electron chi connectivity index (χ0n) is 10.5. The van der Waals surface area contributed by atoms with Gasteiger partial charge in [-0.25, -0.2) is 0 Å². The molecule has 3 N–H and O–H groups in total. The van der Waals surface area contributed by atoms with E-state index in [1.165, 1.54) is 0 Å². The van der Waals surface area contributed by atoms with E-state index in [9.17, 15) is 4.79 Å². The molecule has 0 saturated carbocycles. The van der Waals surface area contributed by atoms with Crippen molar-refractivity contribution in [2.45, 2.75) is 32.7 Å². The fraction of sp³-hybridized carbons (Fsp3) is 0.385. The maximum absolute atomic E-state index is 12.1. The van der Waals surface area contributed by atoms with E-state index in [0.29, 0.717) is 10.6 Å². The van der Waals surface area contributed by atoms with Crippen molar-refractivity contribution in [1.29, 1.82) is 0 Å². The van der Waals surface area contributed by atoms with Gasteiger partial charge in [-0.1, -0.05) is 41.5 Å². The second kappa shape index (κ2) is 6.85. The normalized spacial score (nSPS) is 11.9. The average Bonchev–Trinajstić information content (AvgIpc) is 2.26. The van der Waals surface area contributed by atoms with Crippen molar-refractivity contribution in [3.05, 3.63) is 33.8 Å². The van der Waals surface area contributed by atoms with Crippen LogP contribution in [0, 0.1) is 6.92 Å². The van der Waals surface area contributed by atoms with Gasteiger partial charge in [-0.05, 0) is 37.1 Å². The molecule has 0 aliphatic carbocycles. The highest BCUT2D eigenvalue weighted by molar-refractivity contribution is 9.10. The molecule has 1 amide bonds. The number of aryl methyl sites for hydroxylation is 1. The summed E-state index contributed by atoms with van der Waals surface area (Å²) in [5.41, 5.74) is 7.25. The van der Waals surface area contributed by atoms with Crippen LogP contribution in [0.3, 0.4) is 0 Å². The molecule has 0 aliphatic heterocycles. The zero-order chi connectivity index (χ0) is 13.7. The van der Waals surface area contributed by atoms with E-state index in [1.807, 2.05) is 26.0 Å². The zero-order valence-corrected chi connectivity index (χ0v) is 12.9. The van der Waals surface area contributed by atoms with Gasteiger partial charge in [0.15, 0.2) is 0 Å². The second-order valence-electron chi connectivity index (χ2n) is 4.23. The number of halogens is 1. The van der Waals surface area contributed by atoms with E-state index in [2.05, 4.69) is 21.2 Å². The summed E-state index contributed by atoms with van der Waals surface area (Å²) >= 11 is 8.33. The van der Waals surface area contributed by atoms with Gasteiger partial charge in [0.05, 0.1) is 11.0 Å². The molecule has 98 valence electrons. The van der Waals surface area contributed by atoms with Crippen LogP contribution >= 0.6 is 28.1 Å². The lowest BCUT2D eigenvalue weighted by Gasteiger charge is -2.16. The Labute approximate surface area is 121 Å². The molecule has 5 heteroatoms. The van der Waals surface area contributed by atoms with E-state index < -0.39 is 0 Å². The molecule has 0 aliphatic rings. The van der Waals surface area contributed by atoms with Crippen LogP contribution in [0.1, 0.15) is 35.7 Å². The van der Waals surface area contributed by atoms with Gasteiger partial charge in [-0.2, -0.15) is 0 Å². The van der Waals surface area contributed by atoms with Gasteiger partial charge in [0.2, 0.25) is 0 Å². The Kier molecular flexibility index (Phi) is 5.75. The standard InChI is InChI=1S/C13H17BrN2OS/c1-3-4-11(12(15)18)16-13(17)9-5-8(2)6-10(14)7-9/h5-7,11H,3-4H2,1-2H3,(H2,15,18)(H,16,17).